The van der Waals surface area contributed by atoms with E-state index < -0.39 is 0 Å². The van der Waals surface area contributed by atoms with E-state index in [1.807, 2.05) is 0 Å². The molecule has 1 heterocycles. The summed E-state index contributed by atoms with van der Waals surface area (Å²) in [6.45, 7) is 16.0. The van der Waals surface area contributed by atoms with Crippen molar-refractivity contribution >= 4 is 60.4 Å². The lowest BCUT2D eigenvalue weighted by molar-refractivity contribution is 0.590. The number of hydrogen-bond acceptors (Lipinski definition) is 1. The Hall–Kier alpha value is -6.12. The third-order valence-electron chi connectivity index (χ3n) is 11.9. The van der Waals surface area contributed by atoms with E-state index in [0.717, 1.165) is 11.4 Å². The predicted octanol–water partition coefficient (Wildman–Crippen LogP) is 15.1. The molecular weight excluding hydrogens is 665 g/mol. The molecule has 0 atom stereocenters. The molecule has 10 rings (SSSR count). The molecule has 0 saturated carbocycles. The molecular formula is C53H46N2. The highest BCUT2D eigenvalue weighted by molar-refractivity contribution is 6.13. The van der Waals surface area contributed by atoms with Crippen LogP contribution in [0.5, 0.6) is 0 Å². The van der Waals surface area contributed by atoms with Gasteiger partial charge in [-0.05, 0) is 169 Å². The topological polar surface area (TPSA) is 8.17 Å². The maximum Gasteiger partial charge on any atom is 0.0541 e. The van der Waals surface area contributed by atoms with Crippen LogP contribution in [0.3, 0.4) is 0 Å². The molecule has 0 unspecified atom stereocenters. The van der Waals surface area contributed by atoms with Gasteiger partial charge in [0.05, 0.1) is 11.0 Å². The third-order valence-corrected chi connectivity index (χ3v) is 11.9. The van der Waals surface area contributed by atoms with Gasteiger partial charge in [0.1, 0.15) is 0 Å². The van der Waals surface area contributed by atoms with Crippen molar-refractivity contribution in [1.82, 2.24) is 4.57 Å². The van der Waals surface area contributed by atoms with Crippen LogP contribution < -0.4 is 4.90 Å². The highest BCUT2D eigenvalue weighted by atomic mass is 15.1. The Bertz CT molecular complexity index is 2930. The zero-order valence-electron chi connectivity index (χ0n) is 32.8. The molecule has 2 heteroatoms. The standard InChI is InChI=1S/C53H46N2/c1-33-13-11-12-16-49(33)54(40-14-9-8-10-15-40)41-21-17-34-27-43-45(29-36(34)25-41)44-28-35-18-22-42(26-37(35)30-46(43)44)55-50-23-19-38(52(2,3)4)31-47(50)48-32-39(53(5,6)7)20-24-51(48)55/h8-32H,1-7H3. The summed E-state index contributed by atoms with van der Waals surface area (Å²) in [5.41, 5.74) is 16.7. The van der Waals surface area contributed by atoms with Crippen molar-refractivity contribution < 1.29 is 0 Å². The smallest absolute Gasteiger partial charge is 0.0541 e. The lowest BCUT2D eigenvalue weighted by Crippen LogP contribution is -2.11. The zero-order valence-corrected chi connectivity index (χ0v) is 32.8. The molecule has 1 aromatic heterocycles. The van der Waals surface area contributed by atoms with Gasteiger partial charge in [-0.1, -0.05) is 102 Å². The van der Waals surface area contributed by atoms with Crippen LogP contribution in [0, 0.1) is 6.92 Å². The Kier molecular flexibility index (Phi) is 7.26. The second-order valence-electron chi connectivity index (χ2n) is 17.6. The van der Waals surface area contributed by atoms with Crippen LogP contribution in [0.15, 0.2) is 152 Å². The van der Waals surface area contributed by atoms with Crippen molar-refractivity contribution in [3.8, 4) is 27.9 Å². The van der Waals surface area contributed by atoms with Gasteiger partial charge in [-0.15, -0.1) is 0 Å². The van der Waals surface area contributed by atoms with E-state index in [4.69, 9.17) is 0 Å². The summed E-state index contributed by atoms with van der Waals surface area (Å²) in [4.78, 5) is 2.37. The molecule has 0 fully saturated rings. The highest BCUT2D eigenvalue weighted by Gasteiger charge is 2.26. The number of fused-ring (bicyclic) bond motifs is 9. The van der Waals surface area contributed by atoms with Gasteiger partial charge >= 0.3 is 0 Å². The SMILES string of the molecule is Cc1ccccc1N(c1ccccc1)c1ccc2cc3c(cc2c1)-c1cc2ccc(-n4c5ccc(C(C)(C)C)cc5c5cc(C(C)(C)C)ccc54)cc2cc1-3. The molecule has 9 aromatic rings. The summed E-state index contributed by atoms with van der Waals surface area (Å²) < 4.78 is 2.47. The van der Waals surface area contributed by atoms with Crippen LogP contribution >= 0.6 is 0 Å². The Morgan fingerprint density at radius 3 is 1.49 bits per heavy atom. The first kappa shape index (κ1) is 33.4. The van der Waals surface area contributed by atoms with E-state index in [2.05, 4.69) is 210 Å². The van der Waals surface area contributed by atoms with Crippen molar-refractivity contribution in [3.63, 3.8) is 0 Å². The maximum absolute atomic E-state index is 2.47. The molecule has 1 aliphatic rings. The van der Waals surface area contributed by atoms with E-state index in [-0.39, 0.29) is 10.8 Å². The van der Waals surface area contributed by atoms with Crippen molar-refractivity contribution in [2.24, 2.45) is 0 Å². The van der Waals surface area contributed by atoms with Crippen LogP contribution in [0.1, 0.15) is 58.2 Å². The summed E-state index contributed by atoms with van der Waals surface area (Å²) in [6.07, 6.45) is 0. The van der Waals surface area contributed by atoms with Crippen LogP contribution in [-0.4, -0.2) is 4.57 Å². The van der Waals surface area contributed by atoms with Gasteiger partial charge in [0.15, 0.2) is 0 Å². The lowest BCUT2D eigenvalue weighted by atomic mass is 9.78. The Morgan fingerprint density at radius 2 is 0.927 bits per heavy atom. The molecule has 8 aromatic carbocycles. The van der Waals surface area contributed by atoms with Crippen LogP contribution in [-0.2, 0) is 10.8 Å². The minimum absolute atomic E-state index is 0.0722. The maximum atomic E-state index is 2.47. The number of anilines is 3. The number of benzene rings is 8. The molecule has 55 heavy (non-hydrogen) atoms. The number of hydrogen-bond donors (Lipinski definition) is 0. The molecule has 0 spiro atoms. The average molecular weight is 711 g/mol. The molecule has 0 amide bonds. The number of rotatable bonds is 4. The molecule has 0 N–H and O–H groups in total. The normalized spacial score (nSPS) is 12.6. The Balaban J connectivity index is 1.07. The molecule has 0 saturated heterocycles. The number of nitrogens with zero attached hydrogens (tertiary/aromatic N) is 2. The third kappa shape index (κ3) is 5.38. The molecule has 0 bridgehead atoms. The van der Waals surface area contributed by atoms with Gasteiger partial charge < -0.3 is 9.47 Å². The number of aryl methyl sites for hydroxylation is 1. The minimum Gasteiger partial charge on any atom is -0.310 e. The summed E-state index contributed by atoms with van der Waals surface area (Å²) >= 11 is 0. The second-order valence-corrected chi connectivity index (χ2v) is 17.6. The van der Waals surface area contributed by atoms with Crippen LogP contribution in [0.2, 0.25) is 0 Å². The fourth-order valence-electron chi connectivity index (χ4n) is 8.73. The summed E-state index contributed by atoms with van der Waals surface area (Å²) in [5, 5.41) is 7.68. The van der Waals surface area contributed by atoms with Crippen molar-refractivity contribution in [2.45, 2.75) is 59.3 Å². The average Bonchev–Trinajstić information content (AvgIpc) is 3.50. The van der Waals surface area contributed by atoms with E-state index in [0.29, 0.717) is 0 Å². The summed E-state index contributed by atoms with van der Waals surface area (Å²) in [5.74, 6) is 0. The van der Waals surface area contributed by atoms with Crippen LogP contribution in [0.4, 0.5) is 17.1 Å². The first-order chi connectivity index (χ1) is 26.4. The quantitative estimate of drug-likeness (QED) is 0.177. The van der Waals surface area contributed by atoms with Gasteiger partial charge in [-0.25, -0.2) is 0 Å². The fourth-order valence-corrected chi connectivity index (χ4v) is 8.73. The molecule has 268 valence electrons. The largest absolute Gasteiger partial charge is 0.310 e. The van der Waals surface area contributed by atoms with Gasteiger partial charge in [0, 0.05) is 33.5 Å². The first-order valence-corrected chi connectivity index (χ1v) is 19.6. The number of para-hydroxylation sites is 2. The first-order valence-electron chi connectivity index (χ1n) is 19.6. The minimum atomic E-state index is 0.0722. The van der Waals surface area contributed by atoms with Gasteiger partial charge in [-0.2, -0.15) is 0 Å². The fraction of sp³-hybridized carbons (Fsp3) is 0.170. The molecule has 1 aliphatic carbocycles. The van der Waals surface area contributed by atoms with Crippen molar-refractivity contribution in [1.29, 1.82) is 0 Å². The van der Waals surface area contributed by atoms with Gasteiger partial charge in [0.2, 0.25) is 0 Å². The van der Waals surface area contributed by atoms with E-state index >= 15 is 0 Å². The van der Waals surface area contributed by atoms with E-state index in [9.17, 15) is 0 Å². The second kappa shape index (κ2) is 11.9. The lowest BCUT2D eigenvalue weighted by Gasteiger charge is -2.28. The number of aromatic nitrogens is 1. The van der Waals surface area contributed by atoms with Crippen LogP contribution in [0.25, 0.3) is 71.3 Å². The predicted molar refractivity (Wildman–Crippen MR) is 237 cm³/mol. The monoisotopic (exact) mass is 710 g/mol. The molecule has 0 radical (unpaired) electrons. The van der Waals surface area contributed by atoms with E-state index in [1.165, 1.54) is 93.7 Å². The Morgan fingerprint density at radius 1 is 0.418 bits per heavy atom. The molecule has 2 nitrogen and oxygen atoms in total. The molecule has 0 aliphatic heterocycles. The van der Waals surface area contributed by atoms with Crippen molar-refractivity contribution in [2.75, 3.05) is 4.90 Å². The highest BCUT2D eigenvalue weighted by Crippen LogP contribution is 2.51. The Labute approximate surface area is 324 Å². The van der Waals surface area contributed by atoms with Gasteiger partial charge in [-0.3, -0.25) is 0 Å². The summed E-state index contributed by atoms with van der Waals surface area (Å²) in [6, 6.07) is 57.0. The van der Waals surface area contributed by atoms with Gasteiger partial charge in [0.25, 0.3) is 0 Å². The van der Waals surface area contributed by atoms with Crippen molar-refractivity contribution in [3.05, 3.63) is 168 Å². The summed E-state index contributed by atoms with van der Waals surface area (Å²) in [7, 11) is 0. The van der Waals surface area contributed by atoms with E-state index in [1.54, 1.807) is 0 Å². The zero-order chi connectivity index (χ0) is 37.8.